The van der Waals surface area contributed by atoms with E-state index in [1.54, 1.807) is 35.2 Å². The van der Waals surface area contributed by atoms with Crippen LogP contribution in [0.2, 0.25) is 0 Å². The molecule has 3 rings (SSSR count). The maximum atomic E-state index is 12.6. The number of rotatable bonds is 6. The minimum absolute atomic E-state index is 0.0207. The lowest BCUT2D eigenvalue weighted by Gasteiger charge is -2.34. The van der Waals surface area contributed by atoms with Gasteiger partial charge in [-0.15, -0.1) is 0 Å². The van der Waals surface area contributed by atoms with Crippen molar-refractivity contribution in [2.75, 3.05) is 38.0 Å². The SMILES string of the molecule is O=C(CNc1ccc([N+](=O)[O-])cc1)N1CCN(S(=O)(=O)c2ccccc2)CC1. The molecule has 1 aliphatic heterocycles. The molecule has 1 aliphatic rings. The number of nitrogens with zero attached hydrogens (tertiary/aromatic N) is 3. The molecule has 2 aromatic rings. The molecule has 1 N–H and O–H groups in total. The van der Waals surface area contributed by atoms with E-state index >= 15 is 0 Å². The summed E-state index contributed by atoms with van der Waals surface area (Å²) in [5.74, 6) is -0.157. The molecule has 0 unspecified atom stereocenters. The van der Waals surface area contributed by atoms with Gasteiger partial charge in [0.25, 0.3) is 5.69 Å². The first kappa shape index (κ1) is 19.8. The van der Waals surface area contributed by atoms with Gasteiger partial charge in [-0.25, -0.2) is 8.42 Å². The molecule has 0 saturated carbocycles. The zero-order valence-corrected chi connectivity index (χ0v) is 15.8. The van der Waals surface area contributed by atoms with Gasteiger partial charge in [0.1, 0.15) is 0 Å². The number of nitrogens with one attached hydrogen (secondary N) is 1. The predicted octanol–water partition coefficient (Wildman–Crippen LogP) is 1.54. The second-order valence-corrected chi connectivity index (χ2v) is 8.19. The maximum Gasteiger partial charge on any atom is 0.269 e. The van der Waals surface area contributed by atoms with Gasteiger partial charge in [-0.05, 0) is 24.3 Å². The third-order valence-corrected chi connectivity index (χ3v) is 6.41. The fraction of sp³-hybridized carbons (Fsp3) is 0.278. The van der Waals surface area contributed by atoms with E-state index in [0.717, 1.165) is 0 Å². The quantitative estimate of drug-likeness (QED) is 0.577. The smallest absolute Gasteiger partial charge is 0.269 e. The average molecular weight is 404 g/mol. The largest absolute Gasteiger partial charge is 0.376 e. The van der Waals surface area contributed by atoms with Crippen LogP contribution in [0.3, 0.4) is 0 Å². The summed E-state index contributed by atoms with van der Waals surface area (Å²) in [6.07, 6.45) is 0. The molecule has 28 heavy (non-hydrogen) atoms. The van der Waals surface area contributed by atoms with Crippen molar-refractivity contribution in [2.45, 2.75) is 4.90 Å². The van der Waals surface area contributed by atoms with Crippen molar-refractivity contribution in [3.05, 3.63) is 64.7 Å². The number of carbonyl (C=O) groups is 1. The Hall–Kier alpha value is -2.98. The van der Waals surface area contributed by atoms with Gasteiger partial charge in [-0.2, -0.15) is 4.31 Å². The molecule has 0 aromatic heterocycles. The van der Waals surface area contributed by atoms with Crippen molar-refractivity contribution in [3.63, 3.8) is 0 Å². The molecule has 10 heteroatoms. The molecule has 0 bridgehead atoms. The fourth-order valence-corrected chi connectivity index (χ4v) is 4.35. The Bertz CT molecular complexity index is 940. The summed E-state index contributed by atoms with van der Waals surface area (Å²) < 4.78 is 26.6. The van der Waals surface area contributed by atoms with Gasteiger partial charge >= 0.3 is 0 Å². The van der Waals surface area contributed by atoms with Crippen molar-refractivity contribution < 1.29 is 18.1 Å². The van der Waals surface area contributed by atoms with Crippen molar-refractivity contribution in [3.8, 4) is 0 Å². The second-order valence-electron chi connectivity index (χ2n) is 6.26. The van der Waals surface area contributed by atoms with Crippen LogP contribution in [0, 0.1) is 10.1 Å². The molecule has 1 amide bonds. The number of hydrogen-bond donors (Lipinski definition) is 1. The number of nitro groups is 1. The van der Waals surface area contributed by atoms with Crippen LogP contribution in [0.15, 0.2) is 59.5 Å². The van der Waals surface area contributed by atoms with E-state index in [2.05, 4.69) is 5.32 Å². The predicted molar refractivity (Wildman–Crippen MR) is 103 cm³/mol. The number of carbonyl (C=O) groups excluding carboxylic acids is 1. The Balaban J connectivity index is 1.52. The summed E-state index contributed by atoms with van der Waals surface area (Å²) in [4.78, 5) is 24.4. The highest BCUT2D eigenvalue weighted by Gasteiger charge is 2.29. The second kappa shape index (κ2) is 8.36. The van der Waals surface area contributed by atoms with Crippen LogP contribution in [0.4, 0.5) is 11.4 Å². The summed E-state index contributed by atoms with van der Waals surface area (Å²) in [5, 5.41) is 13.6. The van der Waals surface area contributed by atoms with Crippen LogP contribution < -0.4 is 5.32 Å². The van der Waals surface area contributed by atoms with Crippen molar-refractivity contribution in [1.29, 1.82) is 0 Å². The maximum absolute atomic E-state index is 12.6. The van der Waals surface area contributed by atoms with E-state index in [-0.39, 0.29) is 36.1 Å². The highest BCUT2D eigenvalue weighted by Crippen LogP contribution is 2.18. The Labute approximate surface area is 162 Å². The number of nitro benzene ring substituents is 1. The van der Waals surface area contributed by atoms with Gasteiger partial charge in [0.05, 0.1) is 16.4 Å². The molecule has 9 nitrogen and oxygen atoms in total. The van der Waals surface area contributed by atoms with Crippen LogP contribution >= 0.6 is 0 Å². The van der Waals surface area contributed by atoms with E-state index in [1.807, 2.05) is 0 Å². The zero-order valence-electron chi connectivity index (χ0n) is 15.0. The van der Waals surface area contributed by atoms with Crippen LogP contribution in [-0.4, -0.2) is 61.2 Å². The van der Waals surface area contributed by atoms with E-state index in [9.17, 15) is 23.3 Å². The van der Waals surface area contributed by atoms with Gasteiger partial charge in [0.15, 0.2) is 0 Å². The van der Waals surface area contributed by atoms with Gasteiger partial charge in [-0.1, -0.05) is 18.2 Å². The monoisotopic (exact) mass is 404 g/mol. The van der Waals surface area contributed by atoms with Crippen LogP contribution in [0.25, 0.3) is 0 Å². The normalized spacial score (nSPS) is 15.2. The fourth-order valence-electron chi connectivity index (χ4n) is 2.91. The third-order valence-electron chi connectivity index (χ3n) is 4.49. The summed E-state index contributed by atoms with van der Waals surface area (Å²) in [6.45, 7) is 1.13. The molecule has 2 aromatic carbocycles. The molecule has 0 radical (unpaired) electrons. The van der Waals surface area contributed by atoms with Crippen molar-refractivity contribution in [1.82, 2.24) is 9.21 Å². The van der Waals surface area contributed by atoms with Crippen LogP contribution in [0.1, 0.15) is 0 Å². The molecule has 148 valence electrons. The standard InChI is InChI=1S/C18H20N4O5S/c23-18(14-19-15-6-8-16(9-7-15)22(24)25)20-10-12-21(13-11-20)28(26,27)17-4-2-1-3-5-17/h1-9,19H,10-14H2. The Morgan fingerprint density at radius 1 is 1.00 bits per heavy atom. The first-order valence-corrected chi connectivity index (χ1v) is 10.1. The number of hydrogen-bond acceptors (Lipinski definition) is 6. The lowest BCUT2D eigenvalue weighted by atomic mass is 10.3. The molecular formula is C18H20N4O5S. The van der Waals surface area contributed by atoms with E-state index in [0.29, 0.717) is 18.8 Å². The van der Waals surface area contributed by atoms with Crippen molar-refractivity contribution >= 4 is 27.3 Å². The third kappa shape index (κ3) is 4.46. The number of sulfonamides is 1. The minimum Gasteiger partial charge on any atom is -0.376 e. The highest BCUT2D eigenvalue weighted by atomic mass is 32.2. The van der Waals surface area contributed by atoms with Gasteiger partial charge < -0.3 is 10.2 Å². The molecule has 1 fully saturated rings. The summed E-state index contributed by atoms with van der Waals surface area (Å²) in [6, 6.07) is 14.0. The molecule has 1 heterocycles. The Morgan fingerprint density at radius 3 is 2.18 bits per heavy atom. The van der Waals surface area contributed by atoms with Gasteiger partial charge in [0.2, 0.25) is 15.9 Å². The summed E-state index contributed by atoms with van der Waals surface area (Å²) in [7, 11) is -3.55. The summed E-state index contributed by atoms with van der Waals surface area (Å²) >= 11 is 0. The average Bonchev–Trinajstić information content (AvgIpc) is 2.73. The first-order chi connectivity index (χ1) is 13.4. The lowest BCUT2D eigenvalue weighted by Crippen LogP contribution is -2.51. The zero-order chi connectivity index (χ0) is 20.1. The van der Waals surface area contributed by atoms with E-state index < -0.39 is 14.9 Å². The van der Waals surface area contributed by atoms with E-state index in [1.165, 1.54) is 28.6 Å². The van der Waals surface area contributed by atoms with Gasteiger partial charge in [-0.3, -0.25) is 14.9 Å². The number of anilines is 1. The Morgan fingerprint density at radius 2 is 1.61 bits per heavy atom. The van der Waals surface area contributed by atoms with Crippen molar-refractivity contribution in [2.24, 2.45) is 0 Å². The van der Waals surface area contributed by atoms with Crippen LogP contribution in [-0.2, 0) is 14.8 Å². The summed E-state index contributed by atoms with van der Waals surface area (Å²) in [5.41, 5.74) is 0.580. The first-order valence-electron chi connectivity index (χ1n) is 8.69. The lowest BCUT2D eigenvalue weighted by molar-refractivity contribution is -0.384. The molecule has 1 saturated heterocycles. The topological polar surface area (TPSA) is 113 Å². The van der Waals surface area contributed by atoms with Gasteiger partial charge in [0, 0.05) is 44.0 Å². The van der Waals surface area contributed by atoms with Crippen LogP contribution in [0.5, 0.6) is 0 Å². The minimum atomic E-state index is -3.55. The number of non-ortho nitro benzene ring substituents is 1. The van der Waals surface area contributed by atoms with E-state index in [4.69, 9.17) is 0 Å². The molecule has 0 aliphatic carbocycles. The molecule has 0 atom stereocenters. The Kier molecular flexibility index (Phi) is 5.90. The highest BCUT2D eigenvalue weighted by molar-refractivity contribution is 7.89. The molecule has 0 spiro atoms. The number of amides is 1. The number of benzene rings is 2. The molecular weight excluding hydrogens is 384 g/mol. The number of piperazine rings is 1.